The lowest BCUT2D eigenvalue weighted by molar-refractivity contribution is 0.0946. The Kier molecular flexibility index (Phi) is 3.86. The van der Waals surface area contributed by atoms with Crippen LogP contribution in [0.4, 0.5) is 4.39 Å². The van der Waals surface area contributed by atoms with Crippen LogP contribution < -0.4 is 5.32 Å². The first-order valence-corrected chi connectivity index (χ1v) is 6.50. The molecule has 0 radical (unpaired) electrons. The van der Waals surface area contributed by atoms with Crippen molar-refractivity contribution in [3.05, 3.63) is 50.6 Å². The van der Waals surface area contributed by atoms with Crippen LogP contribution in [0.15, 0.2) is 33.6 Å². The minimum atomic E-state index is -0.546. The molecule has 1 heterocycles. The van der Waals surface area contributed by atoms with Crippen molar-refractivity contribution >= 4 is 33.2 Å². The SMILES string of the molecule is O=C(NCc1cscn1)c1ccc(Br)cc1F. The van der Waals surface area contributed by atoms with Gasteiger partial charge in [0.25, 0.3) is 5.91 Å². The van der Waals surface area contributed by atoms with Crippen LogP contribution in [0.25, 0.3) is 0 Å². The predicted molar refractivity (Wildman–Crippen MR) is 67.4 cm³/mol. The zero-order valence-corrected chi connectivity index (χ0v) is 11.0. The summed E-state index contributed by atoms with van der Waals surface area (Å²) in [6.07, 6.45) is 0. The third kappa shape index (κ3) is 3.10. The number of halogens is 2. The molecule has 0 spiro atoms. The van der Waals surface area contributed by atoms with Gasteiger partial charge >= 0.3 is 0 Å². The molecular weight excluding hydrogens is 307 g/mol. The highest BCUT2D eigenvalue weighted by molar-refractivity contribution is 9.10. The van der Waals surface area contributed by atoms with Crippen molar-refractivity contribution in [2.24, 2.45) is 0 Å². The molecule has 2 rings (SSSR count). The molecule has 0 aliphatic heterocycles. The molecule has 88 valence electrons. The van der Waals surface area contributed by atoms with Gasteiger partial charge in [0.15, 0.2) is 0 Å². The summed E-state index contributed by atoms with van der Waals surface area (Å²) in [5.41, 5.74) is 2.48. The first-order valence-electron chi connectivity index (χ1n) is 4.77. The second-order valence-corrected chi connectivity index (χ2v) is 4.92. The second kappa shape index (κ2) is 5.37. The van der Waals surface area contributed by atoms with Crippen LogP contribution in [-0.4, -0.2) is 10.9 Å². The van der Waals surface area contributed by atoms with Gasteiger partial charge in [0.05, 0.1) is 23.3 Å². The highest BCUT2D eigenvalue weighted by atomic mass is 79.9. The van der Waals surface area contributed by atoms with Gasteiger partial charge in [-0.05, 0) is 18.2 Å². The summed E-state index contributed by atoms with van der Waals surface area (Å²) in [5.74, 6) is -0.988. The number of amides is 1. The zero-order chi connectivity index (χ0) is 12.3. The quantitative estimate of drug-likeness (QED) is 0.946. The summed E-state index contributed by atoms with van der Waals surface area (Å²) in [4.78, 5) is 15.7. The van der Waals surface area contributed by atoms with E-state index < -0.39 is 11.7 Å². The van der Waals surface area contributed by atoms with E-state index in [4.69, 9.17) is 0 Å². The Bertz CT molecular complexity index is 530. The predicted octanol–water partition coefficient (Wildman–Crippen LogP) is 2.97. The Balaban J connectivity index is 2.04. The maximum absolute atomic E-state index is 13.5. The Morgan fingerprint density at radius 2 is 2.35 bits per heavy atom. The van der Waals surface area contributed by atoms with Crippen molar-refractivity contribution in [3.63, 3.8) is 0 Å². The van der Waals surface area contributed by atoms with E-state index >= 15 is 0 Å². The first-order chi connectivity index (χ1) is 8.16. The van der Waals surface area contributed by atoms with E-state index in [1.54, 1.807) is 11.6 Å². The van der Waals surface area contributed by atoms with Gasteiger partial charge in [0.1, 0.15) is 5.82 Å². The highest BCUT2D eigenvalue weighted by Gasteiger charge is 2.11. The Hall–Kier alpha value is -1.27. The molecule has 0 atom stereocenters. The van der Waals surface area contributed by atoms with Crippen molar-refractivity contribution < 1.29 is 9.18 Å². The zero-order valence-electron chi connectivity index (χ0n) is 8.61. The maximum atomic E-state index is 13.5. The molecule has 2 aromatic rings. The lowest BCUT2D eigenvalue weighted by Gasteiger charge is -2.04. The molecule has 6 heteroatoms. The average molecular weight is 315 g/mol. The standard InChI is InChI=1S/C11H8BrFN2OS/c12-7-1-2-9(10(13)3-7)11(16)14-4-8-5-17-6-15-8/h1-3,5-6H,4H2,(H,14,16). The smallest absolute Gasteiger partial charge is 0.254 e. The molecule has 0 saturated carbocycles. The molecule has 3 nitrogen and oxygen atoms in total. The minimum absolute atomic E-state index is 0.0310. The number of aromatic nitrogens is 1. The summed E-state index contributed by atoms with van der Waals surface area (Å²) >= 11 is 4.59. The van der Waals surface area contributed by atoms with E-state index in [1.165, 1.54) is 23.5 Å². The molecule has 1 N–H and O–H groups in total. The normalized spacial score (nSPS) is 10.2. The van der Waals surface area contributed by atoms with Crippen LogP contribution in [0.3, 0.4) is 0 Å². The molecule has 0 aliphatic carbocycles. The van der Waals surface area contributed by atoms with Crippen molar-refractivity contribution in [2.45, 2.75) is 6.54 Å². The summed E-state index contributed by atoms with van der Waals surface area (Å²) in [6, 6.07) is 4.33. The van der Waals surface area contributed by atoms with Gasteiger partial charge in [-0.3, -0.25) is 4.79 Å². The van der Waals surface area contributed by atoms with Crippen LogP contribution in [-0.2, 0) is 6.54 Å². The first kappa shape index (κ1) is 12.2. The molecule has 1 aromatic heterocycles. The average Bonchev–Trinajstić information content (AvgIpc) is 2.78. The van der Waals surface area contributed by atoms with E-state index in [1.807, 2.05) is 5.38 Å². The van der Waals surface area contributed by atoms with Gasteiger partial charge in [0.2, 0.25) is 0 Å². The molecule has 0 saturated heterocycles. The van der Waals surface area contributed by atoms with Crippen LogP contribution in [0.5, 0.6) is 0 Å². The third-order valence-electron chi connectivity index (χ3n) is 2.09. The van der Waals surface area contributed by atoms with Crippen LogP contribution in [0, 0.1) is 5.82 Å². The number of rotatable bonds is 3. The minimum Gasteiger partial charge on any atom is -0.346 e. The molecule has 0 bridgehead atoms. The molecule has 1 amide bonds. The number of hydrogen-bond acceptors (Lipinski definition) is 3. The highest BCUT2D eigenvalue weighted by Crippen LogP contribution is 2.15. The molecule has 0 unspecified atom stereocenters. The van der Waals surface area contributed by atoms with Gasteiger partial charge in [-0.1, -0.05) is 15.9 Å². The van der Waals surface area contributed by atoms with E-state index in [2.05, 4.69) is 26.2 Å². The Labute approximate surface area is 110 Å². The molecular formula is C11H8BrFN2OS. The fraction of sp³-hybridized carbons (Fsp3) is 0.0909. The van der Waals surface area contributed by atoms with Gasteiger partial charge in [0, 0.05) is 9.85 Å². The van der Waals surface area contributed by atoms with E-state index in [0.29, 0.717) is 11.0 Å². The Morgan fingerprint density at radius 3 is 3.00 bits per heavy atom. The van der Waals surface area contributed by atoms with E-state index in [9.17, 15) is 9.18 Å². The van der Waals surface area contributed by atoms with Crippen LogP contribution in [0.2, 0.25) is 0 Å². The number of nitrogens with zero attached hydrogens (tertiary/aromatic N) is 1. The summed E-state index contributed by atoms with van der Waals surface area (Å²) in [6.45, 7) is 0.303. The largest absolute Gasteiger partial charge is 0.346 e. The Morgan fingerprint density at radius 1 is 1.53 bits per heavy atom. The van der Waals surface area contributed by atoms with Crippen LogP contribution in [0.1, 0.15) is 16.1 Å². The molecule has 0 aliphatic rings. The number of benzene rings is 1. The molecule has 17 heavy (non-hydrogen) atoms. The molecule has 1 aromatic carbocycles. The lowest BCUT2D eigenvalue weighted by atomic mass is 10.2. The van der Waals surface area contributed by atoms with Gasteiger partial charge < -0.3 is 5.32 Å². The fourth-order valence-corrected chi connectivity index (χ4v) is 2.16. The maximum Gasteiger partial charge on any atom is 0.254 e. The van der Waals surface area contributed by atoms with E-state index in [-0.39, 0.29) is 5.56 Å². The summed E-state index contributed by atoms with van der Waals surface area (Å²) < 4.78 is 14.1. The number of hydrogen-bond donors (Lipinski definition) is 1. The number of nitrogens with one attached hydrogen (secondary N) is 1. The monoisotopic (exact) mass is 314 g/mol. The number of carbonyl (C=O) groups excluding carboxylic acids is 1. The van der Waals surface area contributed by atoms with E-state index in [0.717, 1.165) is 5.69 Å². The lowest BCUT2D eigenvalue weighted by Crippen LogP contribution is -2.23. The van der Waals surface area contributed by atoms with Crippen molar-refractivity contribution in [1.82, 2.24) is 10.3 Å². The van der Waals surface area contributed by atoms with Gasteiger partial charge in [-0.2, -0.15) is 0 Å². The summed E-state index contributed by atoms with van der Waals surface area (Å²) in [5, 5.41) is 4.44. The second-order valence-electron chi connectivity index (χ2n) is 3.29. The fourth-order valence-electron chi connectivity index (χ4n) is 1.26. The van der Waals surface area contributed by atoms with Gasteiger partial charge in [-0.15, -0.1) is 11.3 Å². The molecule has 0 fully saturated rings. The van der Waals surface area contributed by atoms with Crippen molar-refractivity contribution in [2.75, 3.05) is 0 Å². The van der Waals surface area contributed by atoms with Gasteiger partial charge in [-0.25, -0.2) is 9.37 Å². The topological polar surface area (TPSA) is 42.0 Å². The summed E-state index contributed by atoms with van der Waals surface area (Å²) in [7, 11) is 0. The van der Waals surface area contributed by atoms with Crippen molar-refractivity contribution in [3.8, 4) is 0 Å². The number of carbonyl (C=O) groups is 1. The van der Waals surface area contributed by atoms with Crippen LogP contribution >= 0.6 is 27.3 Å². The third-order valence-corrected chi connectivity index (χ3v) is 3.22. The number of thiazole rings is 1. The van der Waals surface area contributed by atoms with Crippen molar-refractivity contribution in [1.29, 1.82) is 0 Å².